The van der Waals surface area contributed by atoms with Gasteiger partial charge in [0.2, 0.25) is 5.91 Å². The number of anilines is 1. The van der Waals surface area contributed by atoms with Crippen LogP contribution in [0.5, 0.6) is 0 Å². The van der Waals surface area contributed by atoms with Gasteiger partial charge in [-0.3, -0.25) is 14.4 Å². The first-order chi connectivity index (χ1) is 13.9. The van der Waals surface area contributed by atoms with Gasteiger partial charge in [-0.05, 0) is 48.6 Å². The van der Waals surface area contributed by atoms with E-state index in [0.29, 0.717) is 44.3 Å². The van der Waals surface area contributed by atoms with Crippen molar-refractivity contribution < 1.29 is 19.5 Å². The molecule has 1 N–H and O–H groups in total. The largest absolute Gasteiger partial charge is 0.481 e. The summed E-state index contributed by atoms with van der Waals surface area (Å²) in [6.07, 6.45) is 1.86. The molecule has 0 unspecified atom stereocenters. The van der Waals surface area contributed by atoms with Crippen molar-refractivity contribution in [3.63, 3.8) is 0 Å². The molecule has 2 aliphatic heterocycles. The Bertz CT molecular complexity index is 962. The van der Waals surface area contributed by atoms with E-state index in [4.69, 9.17) is 0 Å². The molecule has 1 fully saturated rings. The van der Waals surface area contributed by atoms with Crippen molar-refractivity contribution in [2.75, 3.05) is 25.0 Å². The number of hydrogen-bond acceptors (Lipinski definition) is 3. The van der Waals surface area contributed by atoms with Crippen LogP contribution in [0.4, 0.5) is 5.69 Å². The van der Waals surface area contributed by atoms with Crippen LogP contribution in [0.3, 0.4) is 0 Å². The second-order valence-corrected chi connectivity index (χ2v) is 7.84. The first kappa shape index (κ1) is 19.2. The summed E-state index contributed by atoms with van der Waals surface area (Å²) in [5, 5.41) is 9.93. The monoisotopic (exact) mass is 392 g/mol. The van der Waals surface area contributed by atoms with Crippen LogP contribution < -0.4 is 4.90 Å². The number of hydrogen-bond donors (Lipinski definition) is 1. The number of fused-ring (bicyclic) bond motifs is 1. The SMILES string of the molecule is CN1C(=O)CCc2cc(C(=O)N3CCC(C(=O)O)(c4ccccc4)CC3)ccc21. The summed E-state index contributed by atoms with van der Waals surface area (Å²) in [4.78, 5) is 40.4. The van der Waals surface area contributed by atoms with Gasteiger partial charge in [0.05, 0.1) is 5.41 Å². The minimum absolute atomic E-state index is 0.0820. The van der Waals surface area contributed by atoms with Gasteiger partial charge in [-0.25, -0.2) is 0 Å². The van der Waals surface area contributed by atoms with Gasteiger partial charge in [-0.2, -0.15) is 0 Å². The lowest BCUT2D eigenvalue weighted by molar-refractivity contribution is -0.145. The lowest BCUT2D eigenvalue weighted by Crippen LogP contribution is -2.49. The zero-order chi connectivity index (χ0) is 20.6. The van der Waals surface area contributed by atoms with Crippen molar-refractivity contribution in [3.05, 3.63) is 65.2 Å². The first-order valence-electron chi connectivity index (χ1n) is 9.90. The van der Waals surface area contributed by atoms with E-state index < -0.39 is 11.4 Å². The molecule has 150 valence electrons. The predicted molar refractivity (Wildman–Crippen MR) is 109 cm³/mol. The molecule has 6 nitrogen and oxygen atoms in total. The molecule has 2 heterocycles. The average molecular weight is 392 g/mol. The number of benzene rings is 2. The van der Waals surface area contributed by atoms with Crippen molar-refractivity contribution in [2.45, 2.75) is 31.1 Å². The van der Waals surface area contributed by atoms with Crippen LogP contribution >= 0.6 is 0 Å². The van der Waals surface area contributed by atoms with Gasteiger partial charge in [-0.1, -0.05) is 30.3 Å². The molecule has 0 saturated carbocycles. The second kappa shape index (κ2) is 7.35. The third-order valence-corrected chi connectivity index (χ3v) is 6.31. The first-order valence-corrected chi connectivity index (χ1v) is 9.90. The summed E-state index contributed by atoms with van der Waals surface area (Å²) < 4.78 is 0. The fourth-order valence-electron chi connectivity index (χ4n) is 4.45. The Hall–Kier alpha value is -3.15. The summed E-state index contributed by atoms with van der Waals surface area (Å²) in [6, 6.07) is 14.7. The van der Waals surface area contributed by atoms with E-state index in [2.05, 4.69) is 0 Å². The standard InChI is InChI=1S/C23H24N2O4/c1-24-19-9-7-17(15-16(19)8-10-20(24)26)21(27)25-13-11-23(12-14-25,22(28)29)18-5-3-2-4-6-18/h2-7,9,15H,8,10-14H2,1H3,(H,28,29). The highest BCUT2D eigenvalue weighted by Gasteiger charge is 2.44. The van der Waals surface area contributed by atoms with Gasteiger partial charge in [0, 0.05) is 37.8 Å². The molecule has 2 aromatic rings. The number of carbonyl (C=O) groups is 3. The van der Waals surface area contributed by atoms with E-state index >= 15 is 0 Å². The quantitative estimate of drug-likeness (QED) is 0.871. The zero-order valence-corrected chi connectivity index (χ0v) is 16.4. The maximum atomic E-state index is 13.0. The fourth-order valence-corrected chi connectivity index (χ4v) is 4.45. The van der Waals surface area contributed by atoms with Gasteiger partial charge < -0.3 is 14.9 Å². The molecule has 2 amide bonds. The second-order valence-electron chi connectivity index (χ2n) is 7.84. The van der Waals surface area contributed by atoms with E-state index in [1.807, 2.05) is 42.5 Å². The van der Waals surface area contributed by atoms with Crippen molar-refractivity contribution >= 4 is 23.5 Å². The maximum absolute atomic E-state index is 13.0. The topological polar surface area (TPSA) is 77.9 Å². The summed E-state index contributed by atoms with van der Waals surface area (Å²) in [6.45, 7) is 0.797. The van der Waals surface area contributed by atoms with Gasteiger partial charge >= 0.3 is 5.97 Å². The van der Waals surface area contributed by atoms with Crippen LogP contribution in [0.2, 0.25) is 0 Å². The van der Waals surface area contributed by atoms with Crippen LogP contribution in [0.15, 0.2) is 48.5 Å². The molecule has 0 radical (unpaired) electrons. The molecule has 29 heavy (non-hydrogen) atoms. The summed E-state index contributed by atoms with van der Waals surface area (Å²) in [7, 11) is 1.75. The van der Waals surface area contributed by atoms with E-state index in [1.54, 1.807) is 22.9 Å². The Morgan fingerprint density at radius 1 is 1.00 bits per heavy atom. The summed E-state index contributed by atoms with van der Waals surface area (Å²) in [5.41, 5.74) is 2.29. The molecule has 1 saturated heterocycles. The van der Waals surface area contributed by atoms with Crippen molar-refractivity contribution in [1.82, 2.24) is 4.90 Å². The van der Waals surface area contributed by atoms with Crippen LogP contribution in [0, 0.1) is 0 Å². The summed E-state index contributed by atoms with van der Waals surface area (Å²) in [5.74, 6) is -0.838. The van der Waals surface area contributed by atoms with Gasteiger partial charge in [0.15, 0.2) is 0 Å². The molecule has 2 aliphatic rings. The van der Waals surface area contributed by atoms with Crippen LogP contribution in [0.1, 0.15) is 40.7 Å². The molecular weight excluding hydrogens is 368 g/mol. The Morgan fingerprint density at radius 3 is 2.34 bits per heavy atom. The lowest BCUT2D eigenvalue weighted by Gasteiger charge is -2.39. The number of likely N-dealkylation sites (tertiary alicyclic amines) is 1. The maximum Gasteiger partial charge on any atom is 0.314 e. The fraction of sp³-hybridized carbons (Fsp3) is 0.348. The highest BCUT2D eigenvalue weighted by atomic mass is 16.4. The smallest absolute Gasteiger partial charge is 0.314 e. The number of piperidine rings is 1. The predicted octanol–water partition coefficient (Wildman–Crippen LogP) is 2.85. The van der Waals surface area contributed by atoms with Gasteiger partial charge in [0.1, 0.15) is 0 Å². The molecule has 0 spiro atoms. The molecule has 0 aromatic heterocycles. The van der Waals surface area contributed by atoms with Crippen LogP contribution in [0.25, 0.3) is 0 Å². The van der Waals surface area contributed by atoms with Gasteiger partial charge in [0.25, 0.3) is 5.91 Å². The molecule has 6 heteroatoms. The molecule has 2 aromatic carbocycles. The zero-order valence-electron chi connectivity index (χ0n) is 16.4. The van der Waals surface area contributed by atoms with Crippen LogP contribution in [-0.4, -0.2) is 47.9 Å². The normalized spacial score (nSPS) is 18.3. The third-order valence-electron chi connectivity index (χ3n) is 6.31. The number of aliphatic carboxylic acids is 1. The Kier molecular flexibility index (Phi) is 4.86. The van der Waals surface area contributed by atoms with Crippen molar-refractivity contribution in [1.29, 1.82) is 0 Å². The minimum atomic E-state index is -0.947. The number of rotatable bonds is 3. The van der Waals surface area contributed by atoms with E-state index in [-0.39, 0.29) is 11.8 Å². The highest BCUT2D eigenvalue weighted by molar-refractivity contribution is 5.99. The molecule has 4 rings (SSSR count). The number of amides is 2. The molecular formula is C23H24N2O4. The minimum Gasteiger partial charge on any atom is -0.481 e. The molecule has 0 aliphatic carbocycles. The molecule has 0 bridgehead atoms. The Labute approximate surface area is 169 Å². The van der Waals surface area contributed by atoms with Crippen molar-refractivity contribution in [3.8, 4) is 0 Å². The van der Waals surface area contributed by atoms with E-state index in [0.717, 1.165) is 16.8 Å². The lowest BCUT2D eigenvalue weighted by atomic mass is 9.72. The van der Waals surface area contributed by atoms with Crippen molar-refractivity contribution in [2.24, 2.45) is 0 Å². The number of aryl methyl sites for hydroxylation is 1. The third kappa shape index (κ3) is 3.28. The highest BCUT2D eigenvalue weighted by Crippen LogP contribution is 2.36. The van der Waals surface area contributed by atoms with Gasteiger partial charge in [-0.15, -0.1) is 0 Å². The average Bonchev–Trinajstić information content (AvgIpc) is 2.76. The number of carboxylic acids is 1. The molecule has 0 atom stereocenters. The van der Waals surface area contributed by atoms with E-state index in [1.165, 1.54) is 0 Å². The number of nitrogens with zero attached hydrogens (tertiary/aromatic N) is 2. The van der Waals surface area contributed by atoms with E-state index in [9.17, 15) is 19.5 Å². The Morgan fingerprint density at radius 2 is 1.69 bits per heavy atom. The Balaban J connectivity index is 1.52. The number of carbonyl (C=O) groups excluding carboxylic acids is 2. The van der Waals surface area contributed by atoms with Crippen LogP contribution in [-0.2, 0) is 21.4 Å². The number of carboxylic acid groups (broad SMARTS) is 1. The summed E-state index contributed by atoms with van der Waals surface area (Å²) >= 11 is 0.